The molecule has 0 saturated carbocycles. The second-order valence-corrected chi connectivity index (χ2v) is 4.39. The average molecular weight is 223 g/mol. The van der Waals surface area contributed by atoms with Crippen molar-refractivity contribution >= 4 is 17.3 Å². The summed E-state index contributed by atoms with van der Waals surface area (Å²) in [5.41, 5.74) is 2.03. The van der Waals surface area contributed by atoms with Gasteiger partial charge in [-0.2, -0.15) is 5.26 Å². The number of rotatable bonds is 3. The number of benzene rings is 1. The molecule has 15 heavy (non-hydrogen) atoms. The van der Waals surface area contributed by atoms with E-state index >= 15 is 0 Å². The van der Waals surface area contributed by atoms with Crippen LogP contribution in [0.2, 0.25) is 5.02 Å². The predicted octanol–water partition coefficient (Wildman–Crippen LogP) is 3.61. The van der Waals surface area contributed by atoms with Crippen LogP contribution in [0.5, 0.6) is 0 Å². The van der Waals surface area contributed by atoms with Gasteiger partial charge in [0.25, 0.3) is 0 Å². The second kappa shape index (κ2) is 5.04. The van der Waals surface area contributed by atoms with Crippen molar-refractivity contribution in [2.45, 2.75) is 26.8 Å². The number of halogens is 1. The molecule has 3 heteroatoms. The van der Waals surface area contributed by atoms with Crippen molar-refractivity contribution < 1.29 is 0 Å². The van der Waals surface area contributed by atoms with Crippen molar-refractivity contribution in [1.82, 2.24) is 0 Å². The Kier molecular flexibility index (Phi) is 3.99. The number of hydrogen-bond donors (Lipinski definition) is 1. The molecule has 2 nitrogen and oxygen atoms in total. The van der Waals surface area contributed by atoms with Gasteiger partial charge in [0.15, 0.2) is 0 Å². The molecule has 1 aromatic rings. The van der Waals surface area contributed by atoms with Crippen LogP contribution in [0.15, 0.2) is 18.2 Å². The van der Waals surface area contributed by atoms with Crippen molar-refractivity contribution in [2.75, 3.05) is 5.32 Å². The molecule has 0 spiro atoms. The summed E-state index contributed by atoms with van der Waals surface area (Å²) in [6.45, 7) is 6.02. The highest BCUT2D eigenvalue weighted by Crippen LogP contribution is 2.22. The quantitative estimate of drug-likeness (QED) is 0.848. The van der Waals surface area contributed by atoms with Gasteiger partial charge in [0.05, 0.1) is 6.07 Å². The van der Waals surface area contributed by atoms with Gasteiger partial charge < -0.3 is 5.32 Å². The van der Waals surface area contributed by atoms with Crippen LogP contribution in [-0.4, -0.2) is 6.04 Å². The topological polar surface area (TPSA) is 35.8 Å². The highest BCUT2D eigenvalue weighted by molar-refractivity contribution is 6.30. The summed E-state index contributed by atoms with van der Waals surface area (Å²) in [5.74, 6) is 0.272. The maximum absolute atomic E-state index is 8.97. The molecule has 0 radical (unpaired) electrons. The Morgan fingerprint density at radius 1 is 1.40 bits per heavy atom. The minimum Gasteiger partial charge on any atom is -0.369 e. The average Bonchev–Trinajstić information content (AvgIpc) is 2.18. The fraction of sp³-hybridized carbons (Fsp3) is 0.417. The molecule has 0 bridgehead atoms. The first-order valence-electron chi connectivity index (χ1n) is 4.97. The van der Waals surface area contributed by atoms with Crippen molar-refractivity contribution in [3.05, 3.63) is 28.8 Å². The lowest BCUT2D eigenvalue weighted by Gasteiger charge is -2.17. The minimum atomic E-state index is -0.179. The molecule has 0 aliphatic rings. The Balaban J connectivity index is 2.89. The van der Waals surface area contributed by atoms with E-state index in [1.54, 1.807) is 0 Å². The van der Waals surface area contributed by atoms with Crippen LogP contribution in [0.3, 0.4) is 0 Å². The summed E-state index contributed by atoms with van der Waals surface area (Å²) in [4.78, 5) is 0. The minimum absolute atomic E-state index is 0.179. The van der Waals surface area contributed by atoms with E-state index < -0.39 is 0 Å². The number of hydrogen-bond acceptors (Lipinski definition) is 2. The van der Waals surface area contributed by atoms with E-state index in [4.69, 9.17) is 16.9 Å². The van der Waals surface area contributed by atoms with Crippen LogP contribution in [0.25, 0.3) is 0 Å². The van der Waals surface area contributed by atoms with E-state index in [2.05, 4.69) is 11.4 Å². The number of anilines is 1. The molecule has 1 atom stereocenters. The summed E-state index contributed by atoms with van der Waals surface area (Å²) >= 11 is 5.90. The Bertz CT molecular complexity index is 380. The van der Waals surface area contributed by atoms with Gasteiger partial charge in [-0.05, 0) is 30.5 Å². The van der Waals surface area contributed by atoms with Gasteiger partial charge in [-0.3, -0.25) is 0 Å². The van der Waals surface area contributed by atoms with Crippen molar-refractivity contribution in [2.24, 2.45) is 5.92 Å². The molecule has 1 aromatic carbocycles. The standard InChI is InChI=1S/C12H15ClN2/c1-8(2)12(7-14)15-11-6-10(13)5-4-9(11)3/h4-6,8,12,15H,1-3H3. The van der Waals surface area contributed by atoms with Gasteiger partial charge in [-0.25, -0.2) is 0 Å². The maximum atomic E-state index is 8.97. The molecule has 80 valence electrons. The summed E-state index contributed by atoms with van der Waals surface area (Å²) in [6, 6.07) is 7.70. The molecule has 0 aromatic heterocycles. The van der Waals surface area contributed by atoms with Gasteiger partial charge >= 0.3 is 0 Å². The molecule has 1 N–H and O–H groups in total. The third-order valence-electron chi connectivity index (χ3n) is 2.32. The second-order valence-electron chi connectivity index (χ2n) is 3.95. The van der Waals surface area contributed by atoms with Crippen LogP contribution < -0.4 is 5.32 Å². The van der Waals surface area contributed by atoms with E-state index in [-0.39, 0.29) is 12.0 Å². The van der Waals surface area contributed by atoms with Gasteiger partial charge in [0.1, 0.15) is 6.04 Å². The van der Waals surface area contributed by atoms with Crippen LogP contribution in [0.1, 0.15) is 19.4 Å². The van der Waals surface area contributed by atoms with E-state index in [0.29, 0.717) is 5.02 Å². The molecule has 0 heterocycles. The highest BCUT2D eigenvalue weighted by atomic mass is 35.5. The summed E-state index contributed by atoms with van der Waals surface area (Å²) in [7, 11) is 0. The van der Waals surface area contributed by atoms with Crippen LogP contribution in [0, 0.1) is 24.2 Å². The zero-order chi connectivity index (χ0) is 11.4. The molecule has 1 unspecified atom stereocenters. The Morgan fingerprint density at radius 3 is 2.60 bits per heavy atom. The normalized spacial score (nSPS) is 12.3. The number of nitrogens with one attached hydrogen (secondary N) is 1. The van der Waals surface area contributed by atoms with E-state index in [1.807, 2.05) is 39.0 Å². The number of nitriles is 1. The van der Waals surface area contributed by atoms with Crippen LogP contribution >= 0.6 is 11.6 Å². The van der Waals surface area contributed by atoms with Crippen LogP contribution in [0.4, 0.5) is 5.69 Å². The van der Waals surface area contributed by atoms with Gasteiger partial charge in [0.2, 0.25) is 0 Å². The summed E-state index contributed by atoms with van der Waals surface area (Å²) in [5, 5.41) is 12.8. The van der Waals surface area contributed by atoms with Gasteiger partial charge in [0, 0.05) is 10.7 Å². The van der Waals surface area contributed by atoms with Crippen molar-refractivity contribution in [3.8, 4) is 6.07 Å². The first-order chi connectivity index (χ1) is 7.04. The Morgan fingerprint density at radius 2 is 2.07 bits per heavy atom. The van der Waals surface area contributed by atoms with Gasteiger partial charge in [-0.15, -0.1) is 0 Å². The lowest BCUT2D eigenvalue weighted by atomic mass is 10.0. The molecule has 0 aliphatic carbocycles. The fourth-order valence-corrected chi connectivity index (χ4v) is 1.44. The summed E-state index contributed by atoms with van der Waals surface area (Å²) in [6.07, 6.45) is 0. The van der Waals surface area contributed by atoms with Crippen LogP contribution in [-0.2, 0) is 0 Å². The number of nitrogens with zero attached hydrogens (tertiary/aromatic N) is 1. The summed E-state index contributed by atoms with van der Waals surface area (Å²) < 4.78 is 0. The zero-order valence-electron chi connectivity index (χ0n) is 9.21. The molecule has 1 rings (SSSR count). The van der Waals surface area contributed by atoms with Crippen molar-refractivity contribution in [3.63, 3.8) is 0 Å². The van der Waals surface area contributed by atoms with E-state index in [0.717, 1.165) is 11.3 Å². The van der Waals surface area contributed by atoms with E-state index in [1.165, 1.54) is 0 Å². The molecular formula is C12H15ClN2. The molecule has 0 aliphatic heterocycles. The fourth-order valence-electron chi connectivity index (χ4n) is 1.27. The van der Waals surface area contributed by atoms with Gasteiger partial charge in [-0.1, -0.05) is 31.5 Å². The lowest BCUT2D eigenvalue weighted by Crippen LogP contribution is -2.23. The Hall–Kier alpha value is -1.20. The monoisotopic (exact) mass is 222 g/mol. The van der Waals surface area contributed by atoms with E-state index in [9.17, 15) is 0 Å². The van der Waals surface area contributed by atoms with Crippen molar-refractivity contribution in [1.29, 1.82) is 5.26 Å². The molecule has 0 amide bonds. The number of aryl methyl sites for hydroxylation is 1. The third kappa shape index (κ3) is 3.14. The Labute approximate surface area is 95.9 Å². The zero-order valence-corrected chi connectivity index (χ0v) is 9.97. The first kappa shape index (κ1) is 11.9. The first-order valence-corrected chi connectivity index (χ1v) is 5.34. The third-order valence-corrected chi connectivity index (χ3v) is 2.55. The maximum Gasteiger partial charge on any atom is 0.116 e. The molecule has 0 saturated heterocycles. The molecular weight excluding hydrogens is 208 g/mol. The largest absolute Gasteiger partial charge is 0.369 e. The molecule has 0 fully saturated rings. The SMILES string of the molecule is Cc1ccc(Cl)cc1NC(C#N)C(C)C. The lowest BCUT2D eigenvalue weighted by molar-refractivity contribution is 0.609. The highest BCUT2D eigenvalue weighted by Gasteiger charge is 2.12. The smallest absolute Gasteiger partial charge is 0.116 e. The predicted molar refractivity (Wildman–Crippen MR) is 64.1 cm³/mol.